The van der Waals surface area contributed by atoms with Gasteiger partial charge < -0.3 is 0 Å². The normalized spacial score (nSPS) is 62.6. The summed E-state index contributed by atoms with van der Waals surface area (Å²) in [5.41, 5.74) is 0. The van der Waals surface area contributed by atoms with Gasteiger partial charge in [0, 0.05) is 0 Å². The minimum absolute atomic E-state index is 1.08. The lowest BCUT2D eigenvalue weighted by molar-refractivity contribution is 0.0211. The van der Waals surface area contributed by atoms with Crippen molar-refractivity contribution >= 4 is 0 Å². The molecule has 0 amide bonds. The molecule has 7 unspecified atom stereocenters. The molecule has 90 valence electrons. The van der Waals surface area contributed by atoms with Crippen molar-refractivity contribution in [2.75, 3.05) is 0 Å². The van der Waals surface area contributed by atoms with Gasteiger partial charge >= 0.3 is 0 Å². The average molecular weight is 218 g/mol. The molecule has 4 saturated carbocycles. The maximum absolute atomic E-state index is 2.47. The van der Waals surface area contributed by atoms with Crippen LogP contribution in [0, 0.1) is 47.3 Å². The molecule has 0 bridgehead atoms. The first-order valence-electron chi connectivity index (χ1n) is 7.81. The van der Waals surface area contributed by atoms with Gasteiger partial charge in [0.05, 0.1) is 0 Å². The number of hydrogen-bond acceptors (Lipinski definition) is 0. The van der Waals surface area contributed by atoms with Gasteiger partial charge in [-0.15, -0.1) is 0 Å². The number of rotatable bonds is 3. The summed E-state index contributed by atoms with van der Waals surface area (Å²) in [6.07, 6.45) is 9.41. The predicted octanol–water partition coefficient (Wildman–Crippen LogP) is 4.35. The van der Waals surface area contributed by atoms with E-state index in [4.69, 9.17) is 0 Å². The zero-order valence-electron chi connectivity index (χ0n) is 10.9. The SMILES string of the molecule is CCC1C(C2CC2C)CC1C1C2CCCC21. The fourth-order valence-electron chi connectivity index (χ4n) is 5.79. The number of hydrogen-bond donors (Lipinski definition) is 0. The summed E-state index contributed by atoms with van der Waals surface area (Å²) < 4.78 is 0. The molecule has 0 spiro atoms. The smallest absolute Gasteiger partial charge is 0.0321 e. The highest BCUT2D eigenvalue weighted by Crippen LogP contribution is 2.69. The highest BCUT2D eigenvalue weighted by atomic mass is 14.7. The molecule has 0 saturated heterocycles. The lowest BCUT2D eigenvalue weighted by atomic mass is 9.58. The van der Waals surface area contributed by atoms with Crippen LogP contribution in [0.25, 0.3) is 0 Å². The second-order valence-corrected chi connectivity index (χ2v) is 7.35. The Morgan fingerprint density at radius 1 is 0.875 bits per heavy atom. The van der Waals surface area contributed by atoms with Gasteiger partial charge in [0.1, 0.15) is 0 Å². The molecule has 7 atom stereocenters. The van der Waals surface area contributed by atoms with Gasteiger partial charge in [-0.1, -0.05) is 26.7 Å². The van der Waals surface area contributed by atoms with Gasteiger partial charge in [0.15, 0.2) is 0 Å². The second kappa shape index (κ2) is 3.27. The van der Waals surface area contributed by atoms with Crippen LogP contribution in [-0.2, 0) is 0 Å². The molecule has 0 aliphatic heterocycles. The van der Waals surface area contributed by atoms with E-state index in [9.17, 15) is 0 Å². The predicted molar refractivity (Wildman–Crippen MR) is 67.0 cm³/mol. The molecule has 4 aliphatic carbocycles. The lowest BCUT2D eigenvalue weighted by Crippen LogP contribution is -2.40. The third-order valence-electron chi connectivity index (χ3n) is 6.80. The molecule has 0 aromatic carbocycles. The van der Waals surface area contributed by atoms with E-state index in [1.165, 1.54) is 30.1 Å². The van der Waals surface area contributed by atoms with E-state index >= 15 is 0 Å². The lowest BCUT2D eigenvalue weighted by Gasteiger charge is -2.46. The highest BCUT2D eigenvalue weighted by molar-refractivity contribution is 5.11. The summed E-state index contributed by atoms with van der Waals surface area (Å²) in [5.74, 6) is 9.34. The van der Waals surface area contributed by atoms with E-state index in [1.54, 1.807) is 32.1 Å². The molecular formula is C16H26. The molecule has 0 aromatic rings. The Balaban J connectivity index is 1.40. The fourth-order valence-corrected chi connectivity index (χ4v) is 5.79. The Hall–Kier alpha value is 0. The molecule has 0 aromatic heterocycles. The fraction of sp³-hybridized carbons (Fsp3) is 1.00. The summed E-state index contributed by atoms with van der Waals surface area (Å²) in [6, 6.07) is 0. The van der Waals surface area contributed by atoms with E-state index in [2.05, 4.69) is 13.8 Å². The van der Waals surface area contributed by atoms with Crippen LogP contribution >= 0.6 is 0 Å². The number of fused-ring (bicyclic) bond motifs is 1. The summed E-state index contributed by atoms with van der Waals surface area (Å²) in [5, 5.41) is 0. The van der Waals surface area contributed by atoms with Crippen LogP contribution in [0.5, 0.6) is 0 Å². The van der Waals surface area contributed by atoms with Crippen LogP contribution in [0.3, 0.4) is 0 Å². The van der Waals surface area contributed by atoms with E-state index < -0.39 is 0 Å². The van der Waals surface area contributed by atoms with Crippen LogP contribution in [-0.4, -0.2) is 0 Å². The minimum atomic E-state index is 1.08. The van der Waals surface area contributed by atoms with Crippen LogP contribution < -0.4 is 0 Å². The third-order valence-corrected chi connectivity index (χ3v) is 6.80. The Morgan fingerprint density at radius 3 is 2.12 bits per heavy atom. The van der Waals surface area contributed by atoms with Crippen molar-refractivity contribution < 1.29 is 0 Å². The largest absolute Gasteiger partial charge is 0.0651 e. The highest BCUT2D eigenvalue weighted by Gasteiger charge is 2.62. The molecule has 0 radical (unpaired) electrons. The minimum Gasteiger partial charge on any atom is -0.0651 e. The summed E-state index contributed by atoms with van der Waals surface area (Å²) >= 11 is 0. The van der Waals surface area contributed by atoms with Crippen molar-refractivity contribution in [1.29, 1.82) is 0 Å². The maximum atomic E-state index is 2.47. The molecular weight excluding hydrogens is 192 g/mol. The quantitative estimate of drug-likeness (QED) is 0.660. The van der Waals surface area contributed by atoms with E-state index in [-0.39, 0.29) is 0 Å². The Bertz CT molecular complexity index is 280. The topological polar surface area (TPSA) is 0 Å². The standard InChI is InChI=1S/C16H26/c1-3-10-14(13-7-9(13)2)8-15(10)16-11-5-4-6-12(11)16/h9-16H,3-8H2,1-2H3. The van der Waals surface area contributed by atoms with Crippen molar-refractivity contribution in [2.45, 2.75) is 52.4 Å². The third kappa shape index (κ3) is 1.22. The van der Waals surface area contributed by atoms with Crippen molar-refractivity contribution in [3.63, 3.8) is 0 Å². The van der Waals surface area contributed by atoms with Crippen molar-refractivity contribution in [1.82, 2.24) is 0 Å². The van der Waals surface area contributed by atoms with Crippen molar-refractivity contribution in [2.24, 2.45) is 47.3 Å². The first-order valence-corrected chi connectivity index (χ1v) is 7.81. The Kier molecular flexibility index (Phi) is 2.04. The molecule has 0 heteroatoms. The summed E-state index contributed by atoms with van der Waals surface area (Å²) in [6.45, 7) is 4.92. The van der Waals surface area contributed by atoms with Gasteiger partial charge in [0.25, 0.3) is 0 Å². The monoisotopic (exact) mass is 218 g/mol. The molecule has 4 rings (SSSR count). The average Bonchev–Trinajstić information content (AvgIpc) is 3.05. The molecule has 4 fully saturated rings. The zero-order chi connectivity index (χ0) is 10.9. The molecule has 16 heavy (non-hydrogen) atoms. The van der Waals surface area contributed by atoms with E-state index in [0.717, 1.165) is 23.7 Å². The second-order valence-electron chi connectivity index (χ2n) is 7.35. The van der Waals surface area contributed by atoms with Crippen LogP contribution in [0.4, 0.5) is 0 Å². The van der Waals surface area contributed by atoms with Crippen molar-refractivity contribution in [3.05, 3.63) is 0 Å². The Labute approximate surface area is 100 Å². The van der Waals surface area contributed by atoms with Crippen molar-refractivity contribution in [3.8, 4) is 0 Å². The molecule has 0 heterocycles. The summed E-state index contributed by atoms with van der Waals surface area (Å²) in [4.78, 5) is 0. The zero-order valence-corrected chi connectivity index (χ0v) is 10.9. The van der Waals surface area contributed by atoms with Gasteiger partial charge in [-0.2, -0.15) is 0 Å². The Morgan fingerprint density at radius 2 is 1.56 bits per heavy atom. The van der Waals surface area contributed by atoms with E-state index in [0.29, 0.717) is 0 Å². The molecule has 0 N–H and O–H groups in total. The molecule has 4 aliphatic rings. The van der Waals surface area contributed by atoms with Gasteiger partial charge in [-0.3, -0.25) is 0 Å². The van der Waals surface area contributed by atoms with E-state index in [1.807, 2.05) is 0 Å². The van der Waals surface area contributed by atoms with Gasteiger partial charge in [0.2, 0.25) is 0 Å². The first-order chi connectivity index (χ1) is 7.81. The maximum Gasteiger partial charge on any atom is -0.0321 e. The van der Waals surface area contributed by atoms with Gasteiger partial charge in [-0.25, -0.2) is 0 Å². The van der Waals surface area contributed by atoms with Crippen LogP contribution in [0.15, 0.2) is 0 Å². The van der Waals surface area contributed by atoms with Crippen LogP contribution in [0.1, 0.15) is 52.4 Å². The summed E-state index contributed by atoms with van der Waals surface area (Å²) in [7, 11) is 0. The molecule has 0 nitrogen and oxygen atoms in total. The first kappa shape index (κ1) is 9.97. The van der Waals surface area contributed by atoms with Gasteiger partial charge in [-0.05, 0) is 73.0 Å². The van der Waals surface area contributed by atoms with Crippen LogP contribution in [0.2, 0.25) is 0 Å².